The molecule has 2 aliphatic heterocycles. The summed E-state index contributed by atoms with van der Waals surface area (Å²) in [6, 6.07) is 25.0. The average molecular weight is 505 g/mol. The lowest BCUT2D eigenvalue weighted by Crippen LogP contribution is -2.68. The molecule has 0 aromatic heterocycles. The van der Waals surface area contributed by atoms with Gasteiger partial charge in [-0.3, -0.25) is 4.90 Å². The number of methoxy groups -OCH3 is 1. The van der Waals surface area contributed by atoms with Gasteiger partial charge in [0.1, 0.15) is 0 Å². The van der Waals surface area contributed by atoms with Crippen molar-refractivity contribution >= 4 is 10.0 Å². The van der Waals surface area contributed by atoms with Crippen LogP contribution in [0.1, 0.15) is 35.4 Å². The molecule has 5 rings (SSSR count). The molecule has 2 heterocycles. The van der Waals surface area contributed by atoms with Crippen molar-refractivity contribution in [2.75, 3.05) is 33.4 Å². The van der Waals surface area contributed by atoms with Crippen LogP contribution in [0.3, 0.4) is 0 Å². The molecule has 2 fully saturated rings. The summed E-state index contributed by atoms with van der Waals surface area (Å²) in [7, 11) is -1.81. The molecule has 0 bridgehead atoms. The number of ether oxygens (including phenoxy) is 1. The lowest BCUT2D eigenvalue weighted by atomic mass is 9.74. The maximum Gasteiger partial charge on any atom is 0.243 e. The molecule has 2 saturated heterocycles. The van der Waals surface area contributed by atoms with Crippen LogP contribution in [0.25, 0.3) is 11.1 Å². The van der Waals surface area contributed by atoms with E-state index in [9.17, 15) is 8.42 Å². The van der Waals surface area contributed by atoms with Gasteiger partial charge in [-0.05, 0) is 67.1 Å². The summed E-state index contributed by atoms with van der Waals surface area (Å²) in [5.41, 5.74) is 5.76. The van der Waals surface area contributed by atoms with Crippen LogP contribution in [-0.2, 0) is 14.8 Å². The standard InChI is InChI=1S/C30H36N2O3S/c1-22-10-4-6-12-26(22)24-14-16-25(17-15-24)30-27-20-31(18-8-9-19-32(27)28(30)21-35-3)36(33,34)29-13-7-5-11-23(29)2/h4-7,10-17,27-28,30H,8-9,18-21H2,1-3H3/t27-,28?,30-/m0/s1. The molecule has 6 heteroatoms. The highest BCUT2D eigenvalue weighted by Crippen LogP contribution is 2.43. The Morgan fingerprint density at radius 3 is 2.22 bits per heavy atom. The van der Waals surface area contributed by atoms with Crippen molar-refractivity contribution in [2.24, 2.45) is 0 Å². The Bertz CT molecular complexity index is 1310. The fraction of sp³-hybridized carbons (Fsp3) is 0.400. The minimum absolute atomic E-state index is 0.133. The molecule has 190 valence electrons. The van der Waals surface area contributed by atoms with E-state index in [0.717, 1.165) is 24.9 Å². The first kappa shape index (κ1) is 25.2. The van der Waals surface area contributed by atoms with Crippen molar-refractivity contribution in [3.8, 4) is 11.1 Å². The third-order valence-electron chi connectivity index (χ3n) is 7.95. The fourth-order valence-corrected chi connectivity index (χ4v) is 7.77. The largest absolute Gasteiger partial charge is 0.383 e. The van der Waals surface area contributed by atoms with Crippen LogP contribution >= 0.6 is 0 Å². The van der Waals surface area contributed by atoms with E-state index in [1.165, 1.54) is 22.3 Å². The zero-order chi connectivity index (χ0) is 25.3. The number of fused-ring (bicyclic) bond motifs is 1. The average Bonchev–Trinajstić information content (AvgIpc) is 2.86. The van der Waals surface area contributed by atoms with Crippen LogP contribution in [0.5, 0.6) is 0 Å². The lowest BCUT2D eigenvalue weighted by Gasteiger charge is -2.57. The van der Waals surface area contributed by atoms with E-state index in [1.807, 2.05) is 25.1 Å². The molecular weight excluding hydrogens is 468 g/mol. The Morgan fingerprint density at radius 2 is 1.53 bits per heavy atom. The van der Waals surface area contributed by atoms with E-state index in [4.69, 9.17) is 4.74 Å². The van der Waals surface area contributed by atoms with E-state index in [1.54, 1.807) is 17.5 Å². The summed E-state index contributed by atoms with van der Waals surface area (Å²) in [6.07, 6.45) is 1.85. The van der Waals surface area contributed by atoms with E-state index in [0.29, 0.717) is 24.6 Å². The predicted octanol–water partition coefficient (Wildman–Crippen LogP) is 5.24. The molecule has 0 amide bonds. The molecule has 36 heavy (non-hydrogen) atoms. The molecular formula is C30H36N2O3S. The topological polar surface area (TPSA) is 49.9 Å². The molecule has 0 aliphatic carbocycles. The normalized spacial score (nSPS) is 23.4. The Kier molecular flexibility index (Phi) is 7.31. The number of rotatable bonds is 6. The van der Waals surface area contributed by atoms with Gasteiger partial charge >= 0.3 is 0 Å². The van der Waals surface area contributed by atoms with Crippen molar-refractivity contribution < 1.29 is 13.2 Å². The number of hydrogen-bond donors (Lipinski definition) is 0. The highest BCUT2D eigenvalue weighted by molar-refractivity contribution is 7.89. The first-order valence-electron chi connectivity index (χ1n) is 12.9. The number of nitrogens with zero attached hydrogens (tertiary/aromatic N) is 2. The van der Waals surface area contributed by atoms with E-state index >= 15 is 0 Å². The quantitative estimate of drug-likeness (QED) is 0.461. The van der Waals surface area contributed by atoms with Crippen molar-refractivity contribution in [1.29, 1.82) is 0 Å². The Morgan fingerprint density at radius 1 is 0.861 bits per heavy atom. The predicted molar refractivity (Wildman–Crippen MR) is 145 cm³/mol. The Hall–Kier alpha value is -2.51. The third-order valence-corrected chi connectivity index (χ3v) is 9.97. The van der Waals surface area contributed by atoms with E-state index in [2.05, 4.69) is 60.4 Å². The molecule has 3 atom stereocenters. The first-order chi connectivity index (χ1) is 17.4. The van der Waals surface area contributed by atoms with Gasteiger partial charge in [-0.1, -0.05) is 66.7 Å². The molecule has 3 aromatic rings. The lowest BCUT2D eigenvalue weighted by molar-refractivity contribution is -0.0635. The molecule has 2 aliphatic rings. The second kappa shape index (κ2) is 10.5. The Labute approximate surface area is 215 Å². The monoisotopic (exact) mass is 504 g/mol. The number of sulfonamides is 1. The van der Waals surface area contributed by atoms with Crippen LogP contribution in [0.15, 0.2) is 77.7 Å². The number of hydrogen-bond acceptors (Lipinski definition) is 4. The zero-order valence-corrected chi connectivity index (χ0v) is 22.2. The van der Waals surface area contributed by atoms with Gasteiger partial charge in [0.15, 0.2) is 0 Å². The van der Waals surface area contributed by atoms with E-state index < -0.39 is 10.0 Å². The third kappa shape index (κ3) is 4.63. The van der Waals surface area contributed by atoms with Crippen LogP contribution < -0.4 is 0 Å². The molecule has 3 aromatic carbocycles. The summed E-state index contributed by atoms with van der Waals surface area (Å²) < 4.78 is 34.8. The molecule has 0 spiro atoms. The summed E-state index contributed by atoms with van der Waals surface area (Å²) in [5.74, 6) is 0.226. The molecule has 0 radical (unpaired) electrons. The van der Waals surface area contributed by atoms with Crippen LogP contribution in [0.4, 0.5) is 0 Å². The Balaban J connectivity index is 1.45. The highest BCUT2D eigenvalue weighted by Gasteiger charge is 2.50. The van der Waals surface area contributed by atoms with Crippen molar-refractivity contribution in [3.05, 3.63) is 89.5 Å². The minimum atomic E-state index is -3.56. The summed E-state index contributed by atoms with van der Waals surface area (Å²) >= 11 is 0. The summed E-state index contributed by atoms with van der Waals surface area (Å²) in [5, 5.41) is 0. The smallest absolute Gasteiger partial charge is 0.243 e. The van der Waals surface area contributed by atoms with Crippen molar-refractivity contribution in [1.82, 2.24) is 9.21 Å². The number of aryl methyl sites for hydroxylation is 2. The number of benzene rings is 3. The van der Waals surface area contributed by atoms with Gasteiger partial charge in [0, 0.05) is 38.2 Å². The van der Waals surface area contributed by atoms with Gasteiger partial charge < -0.3 is 4.74 Å². The van der Waals surface area contributed by atoms with Gasteiger partial charge in [0.05, 0.1) is 11.5 Å². The van der Waals surface area contributed by atoms with Crippen LogP contribution in [-0.4, -0.2) is 63.1 Å². The fourth-order valence-electron chi connectivity index (χ4n) is 6.05. The summed E-state index contributed by atoms with van der Waals surface area (Å²) in [6.45, 7) is 6.70. The van der Waals surface area contributed by atoms with Crippen molar-refractivity contribution in [2.45, 2.75) is 49.6 Å². The zero-order valence-electron chi connectivity index (χ0n) is 21.4. The first-order valence-corrected chi connectivity index (χ1v) is 14.3. The second-order valence-electron chi connectivity index (χ2n) is 10.1. The van der Waals surface area contributed by atoms with Gasteiger partial charge in [-0.15, -0.1) is 0 Å². The van der Waals surface area contributed by atoms with Crippen LogP contribution in [0, 0.1) is 13.8 Å². The minimum Gasteiger partial charge on any atom is -0.383 e. The van der Waals surface area contributed by atoms with Crippen molar-refractivity contribution in [3.63, 3.8) is 0 Å². The van der Waals surface area contributed by atoms with E-state index in [-0.39, 0.29) is 18.0 Å². The van der Waals surface area contributed by atoms with Crippen LogP contribution in [0.2, 0.25) is 0 Å². The molecule has 0 N–H and O–H groups in total. The molecule has 1 unspecified atom stereocenters. The maximum absolute atomic E-state index is 13.7. The van der Waals surface area contributed by atoms with Gasteiger partial charge in [0.25, 0.3) is 0 Å². The van der Waals surface area contributed by atoms with Gasteiger partial charge in [0.2, 0.25) is 10.0 Å². The second-order valence-corrected chi connectivity index (χ2v) is 12.0. The maximum atomic E-state index is 13.7. The van der Waals surface area contributed by atoms with Gasteiger partial charge in [-0.25, -0.2) is 8.42 Å². The SMILES string of the molecule is COCC1[C@@H](c2ccc(-c3ccccc3C)cc2)[C@@H]2CN(S(=O)(=O)c3ccccc3C)CCCCN12. The highest BCUT2D eigenvalue weighted by atomic mass is 32.2. The molecule has 5 nitrogen and oxygen atoms in total. The molecule has 0 saturated carbocycles. The van der Waals surface area contributed by atoms with Gasteiger partial charge in [-0.2, -0.15) is 4.31 Å². The summed E-state index contributed by atoms with van der Waals surface area (Å²) in [4.78, 5) is 2.90.